The molecule has 7 nitrogen and oxygen atoms in total. The van der Waals surface area contributed by atoms with E-state index in [0.717, 1.165) is 52.4 Å². The van der Waals surface area contributed by atoms with Gasteiger partial charge in [-0.2, -0.15) is 5.10 Å². The Labute approximate surface area is 182 Å². The van der Waals surface area contributed by atoms with Gasteiger partial charge in [0.15, 0.2) is 0 Å². The lowest BCUT2D eigenvalue weighted by Crippen LogP contribution is -2.40. The summed E-state index contributed by atoms with van der Waals surface area (Å²) in [6.07, 6.45) is 8.03. The monoisotopic (exact) mass is 417 g/mol. The molecule has 1 atom stereocenters. The number of benzene rings is 1. The highest BCUT2D eigenvalue weighted by molar-refractivity contribution is 5.95. The Morgan fingerprint density at radius 3 is 2.55 bits per heavy atom. The number of ether oxygens (including phenoxy) is 1. The van der Waals surface area contributed by atoms with Crippen LogP contribution in [0, 0.1) is 13.8 Å². The van der Waals surface area contributed by atoms with E-state index in [1.165, 1.54) is 12.8 Å². The van der Waals surface area contributed by atoms with Gasteiger partial charge >= 0.3 is 6.01 Å². The summed E-state index contributed by atoms with van der Waals surface area (Å²) >= 11 is 0. The predicted octanol–water partition coefficient (Wildman–Crippen LogP) is 4.77. The normalized spacial score (nSPS) is 18.1. The van der Waals surface area contributed by atoms with Crippen molar-refractivity contribution in [1.82, 2.24) is 19.7 Å². The van der Waals surface area contributed by atoms with Crippen molar-refractivity contribution in [2.45, 2.75) is 65.5 Å². The van der Waals surface area contributed by atoms with E-state index in [1.807, 2.05) is 47.8 Å². The molecule has 1 aromatic carbocycles. The number of fused-ring (bicyclic) bond motifs is 1. The zero-order chi connectivity index (χ0) is 21.7. The maximum atomic E-state index is 12.4. The second-order valence-corrected chi connectivity index (χ2v) is 8.69. The molecule has 1 aliphatic heterocycles. The Morgan fingerprint density at radius 1 is 1.13 bits per heavy atom. The van der Waals surface area contributed by atoms with E-state index in [0.29, 0.717) is 12.1 Å². The topological polar surface area (TPSA) is 73.1 Å². The number of aryl methyl sites for hydroxylation is 2. The predicted molar refractivity (Wildman–Crippen MR) is 118 cm³/mol. The summed E-state index contributed by atoms with van der Waals surface area (Å²) in [5.41, 5.74) is 5.59. The van der Waals surface area contributed by atoms with E-state index in [2.05, 4.69) is 28.2 Å². The quantitative estimate of drug-likeness (QED) is 0.611. The Bertz CT molecular complexity index is 1140. The Balaban J connectivity index is 1.66. The van der Waals surface area contributed by atoms with Gasteiger partial charge in [-0.15, -0.1) is 0 Å². The highest BCUT2D eigenvalue weighted by atomic mass is 16.5. The van der Waals surface area contributed by atoms with Crippen molar-refractivity contribution in [2.24, 2.45) is 0 Å². The first-order valence-electron chi connectivity index (χ1n) is 10.9. The minimum absolute atomic E-state index is 0.0383. The van der Waals surface area contributed by atoms with E-state index < -0.39 is 0 Å². The molecule has 31 heavy (non-hydrogen) atoms. The molecule has 3 aromatic rings. The average Bonchev–Trinajstić information content (AvgIpc) is 3.44. The molecular weight excluding hydrogens is 390 g/mol. The van der Waals surface area contributed by atoms with Crippen molar-refractivity contribution in [3.05, 3.63) is 47.5 Å². The van der Waals surface area contributed by atoms with Gasteiger partial charge in [0, 0.05) is 47.2 Å². The summed E-state index contributed by atoms with van der Waals surface area (Å²) in [7, 11) is 0. The lowest BCUT2D eigenvalue weighted by molar-refractivity contribution is -0.117. The minimum atomic E-state index is 0.0383. The van der Waals surface area contributed by atoms with Gasteiger partial charge in [0.2, 0.25) is 5.91 Å². The highest BCUT2D eigenvalue weighted by Gasteiger charge is 2.31. The SMILES string of the molecule is CC(=O)N1c2ccc(-c3cnn(C4CC4)c3)c(Oc3nc(C)cc(C)n3)c2CCC1C. The highest BCUT2D eigenvalue weighted by Crippen LogP contribution is 2.45. The first kappa shape index (κ1) is 19.7. The number of carbonyl (C=O) groups excluding carboxylic acids is 1. The van der Waals surface area contributed by atoms with Crippen molar-refractivity contribution >= 4 is 11.6 Å². The Kier molecular flexibility index (Phi) is 4.76. The van der Waals surface area contributed by atoms with E-state index in [-0.39, 0.29) is 11.9 Å². The molecule has 1 fully saturated rings. The minimum Gasteiger partial charge on any atom is -0.423 e. The van der Waals surface area contributed by atoms with Crippen LogP contribution in [0.3, 0.4) is 0 Å². The van der Waals surface area contributed by atoms with Crippen LogP contribution in [0.25, 0.3) is 11.1 Å². The molecule has 2 aromatic heterocycles. The number of amides is 1. The molecule has 0 radical (unpaired) electrons. The Hall–Kier alpha value is -3.22. The van der Waals surface area contributed by atoms with Crippen molar-refractivity contribution in [1.29, 1.82) is 0 Å². The Morgan fingerprint density at radius 2 is 1.87 bits per heavy atom. The second-order valence-electron chi connectivity index (χ2n) is 8.69. The molecular formula is C24H27N5O2. The van der Waals surface area contributed by atoms with Gasteiger partial charge in [-0.05, 0) is 64.7 Å². The van der Waals surface area contributed by atoms with E-state index in [4.69, 9.17) is 4.74 Å². The fraction of sp³-hybridized carbons (Fsp3) is 0.417. The molecule has 0 N–H and O–H groups in total. The number of aromatic nitrogens is 4. The molecule has 160 valence electrons. The lowest BCUT2D eigenvalue weighted by Gasteiger charge is -2.35. The molecule has 7 heteroatoms. The van der Waals surface area contributed by atoms with Crippen LogP contribution in [0.1, 0.15) is 56.1 Å². The summed E-state index contributed by atoms with van der Waals surface area (Å²) in [6, 6.07) is 6.97. The second kappa shape index (κ2) is 7.48. The van der Waals surface area contributed by atoms with Crippen molar-refractivity contribution < 1.29 is 9.53 Å². The largest absolute Gasteiger partial charge is 0.423 e. The summed E-state index contributed by atoms with van der Waals surface area (Å²) in [6.45, 7) is 7.57. The maximum absolute atomic E-state index is 12.4. The first-order valence-corrected chi connectivity index (χ1v) is 10.9. The number of rotatable bonds is 4. The maximum Gasteiger partial charge on any atom is 0.322 e. The molecule has 1 amide bonds. The van der Waals surface area contributed by atoms with Crippen LogP contribution in [0.5, 0.6) is 11.8 Å². The van der Waals surface area contributed by atoms with Gasteiger partial charge in [-0.3, -0.25) is 9.48 Å². The molecule has 0 spiro atoms. The van der Waals surface area contributed by atoms with Gasteiger partial charge in [0.1, 0.15) is 5.75 Å². The average molecular weight is 418 g/mol. The van der Waals surface area contributed by atoms with Crippen LogP contribution >= 0.6 is 0 Å². The number of nitrogens with zero attached hydrogens (tertiary/aromatic N) is 5. The van der Waals surface area contributed by atoms with Crippen LogP contribution in [-0.2, 0) is 11.2 Å². The molecule has 1 saturated carbocycles. The van der Waals surface area contributed by atoms with Crippen molar-refractivity contribution in [2.75, 3.05) is 4.90 Å². The van der Waals surface area contributed by atoms with Gasteiger partial charge in [0.25, 0.3) is 0 Å². The molecule has 1 aliphatic carbocycles. The van der Waals surface area contributed by atoms with Crippen LogP contribution in [0.4, 0.5) is 5.69 Å². The first-order chi connectivity index (χ1) is 14.9. The number of carbonyl (C=O) groups is 1. The molecule has 2 aliphatic rings. The summed E-state index contributed by atoms with van der Waals surface area (Å²) < 4.78 is 8.41. The molecule has 0 saturated heterocycles. The molecule has 5 rings (SSSR count). The van der Waals surface area contributed by atoms with Crippen LogP contribution in [-0.4, -0.2) is 31.7 Å². The summed E-state index contributed by atoms with van der Waals surface area (Å²) in [4.78, 5) is 23.3. The standard InChI is InChI=1S/C24H27N5O2/c1-14-11-15(2)27-24(26-14)31-23-20(18-12-25-28(13-18)19-6-7-19)9-10-22-21(23)8-5-16(3)29(22)17(4)30/h9-13,16,19H,5-8H2,1-4H3. The fourth-order valence-electron chi connectivity index (χ4n) is 4.47. The number of anilines is 1. The van der Waals surface area contributed by atoms with Gasteiger partial charge in [0.05, 0.1) is 17.9 Å². The third kappa shape index (κ3) is 3.69. The van der Waals surface area contributed by atoms with Gasteiger partial charge in [-0.25, -0.2) is 9.97 Å². The van der Waals surface area contributed by atoms with Crippen molar-refractivity contribution in [3.63, 3.8) is 0 Å². The zero-order valence-electron chi connectivity index (χ0n) is 18.4. The third-order valence-corrected chi connectivity index (χ3v) is 6.08. The molecule has 0 bridgehead atoms. The summed E-state index contributed by atoms with van der Waals surface area (Å²) in [5.74, 6) is 0.757. The van der Waals surface area contributed by atoms with E-state index >= 15 is 0 Å². The van der Waals surface area contributed by atoms with Crippen LogP contribution < -0.4 is 9.64 Å². The molecule has 3 heterocycles. The smallest absolute Gasteiger partial charge is 0.322 e. The van der Waals surface area contributed by atoms with Crippen LogP contribution in [0.15, 0.2) is 30.6 Å². The number of hydrogen-bond donors (Lipinski definition) is 0. The fourth-order valence-corrected chi connectivity index (χ4v) is 4.47. The molecule has 1 unspecified atom stereocenters. The van der Waals surface area contributed by atoms with Gasteiger partial charge < -0.3 is 9.64 Å². The number of hydrogen-bond acceptors (Lipinski definition) is 5. The van der Waals surface area contributed by atoms with Crippen LogP contribution in [0.2, 0.25) is 0 Å². The van der Waals surface area contributed by atoms with Gasteiger partial charge in [-0.1, -0.05) is 0 Å². The van der Waals surface area contributed by atoms with E-state index in [9.17, 15) is 4.79 Å². The zero-order valence-corrected chi connectivity index (χ0v) is 18.4. The lowest BCUT2D eigenvalue weighted by atomic mass is 9.92. The van der Waals surface area contributed by atoms with E-state index in [1.54, 1.807) is 6.92 Å². The van der Waals surface area contributed by atoms with Crippen molar-refractivity contribution in [3.8, 4) is 22.9 Å². The third-order valence-electron chi connectivity index (χ3n) is 6.08. The summed E-state index contributed by atoms with van der Waals surface area (Å²) in [5, 5.41) is 4.56.